The smallest absolute Gasteiger partial charge is 0.332 e. The van der Waals surface area contributed by atoms with Crippen molar-refractivity contribution in [2.45, 2.75) is 18.9 Å². The van der Waals surface area contributed by atoms with Crippen LogP contribution in [0.5, 0.6) is 0 Å². The molecule has 2 N–H and O–H groups in total. The second-order valence-corrected chi connectivity index (χ2v) is 3.36. The van der Waals surface area contributed by atoms with Crippen molar-refractivity contribution in [2.75, 3.05) is 19.7 Å². The van der Waals surface area contributed by atoms with E-state index in [-0.39, 0.29) is 18.2 Å². The number of rotatable bonds is 4. The van der Waals surface area contributed by atoms with Crippen LogP contribution >= 0.6 is 0 Å². The van der Waals surface area contributed by atoms with Gasteiger partial charge in [-0.15, -0.1) is 0 Å². The first kappa shape index (κ1) is 10.2. The first-order chi connectivity index (χ1) is 6.15. The van der Waals surface area contributed by atoms with Crippen molar-refractivity contribution < 1.29 is 15.0 Å². The molecular weight excluding hydrogens is 170 g/mol. The lowest BCUT2D eigenvalue weighted by Gasteiger charge is -2.22. The van der Waals surface area contributed by atoms with Crippen LogP contribution in [0.3, 0.4) is 0 Å². The van der Waals surface area contributed by atoms with Crippen LogP contribution in [0.25, 0.3) is 0 Å². The van der Waals surface area contributed by atoms with Crippen molar-refractivity contribution in [3.8, 4) is 0 Å². The van der Waals surface area contributed by atoms with E-state index in [9.17, 15) is 4.79 Å². The SMILES string of the molecule is C=C(CN1CCCC1CO)C(=O)O. The predicted molar refractivity (Wildman–Crippen MR) is 48.5 cm³/mol. The molecule has 0 amide bonds. The van der Waals surface area contributed by atoms with E-state index in [1.54, 1.807) is 0 Å². The Hall–Kier alpha value is -0.870. The summed E-state index contributed by atoms with van der Waals surface area (Å²) in [6.45, 7) is 4.79. The van der Waals surface area contributed by atoms with Gasteiger partial charge >= 0.3 is 5.97 Å². The zero-order valence-corrected chi connectivity index (χ0v) is 7.57. The largest absolute Gasteiger partial charge is 0.478 e. The highest BCUT2D eigenvalue weighted by molar-refractivity contribution is 5.86. The number of carboxylic acids is 1. The monoisotopic (exact) mass is 185 g/mol. The van der Waals surface area contributed by atoms with Crippen molar-refractivity contribution in [2.24, 2.45) is 0 Å². The number of carboxylic acid groups (broad SMARTS) is 1. The summed E-state index contributed by atoms with van der Waals surface area (Å²) in [5.74, 6) is -0.955. The van der Waals surface area contributed by atoms with Gasteiger partial charge in [-0.3, -0.25) is 4.90 Å². The van der Waals surface area contributed by atoms with Gasteiger partial charge in [-0.2, -0.15) is 0 Å². The molecular formula is C9H15NO3. The number of nitrogens with zero attached hydrogens (tertiary/aromatic N) is 1. The van der Waals surface area contributed by atoms with Crippen molar-refractivity contribution >= 4 is 5.97 Å². The summed E-state index contributed by atoms with van der Waals surface area (Å²) in [5.41, 5.74) is 0.195. The Kier molecular flexibility index (Phi) is 3.45. The first-order valence-corrected chi connectivity index (χ1v) is 4.41. The summed E-state index contributed by atoms with van der Waals surface area (Å²) in [7, 11) is 0. The van der Waals surface area contributed by atoms with Crippen LogP contribution < -0.4 is 0 Å². The molecule has 0 aromatic heterocycles. The molecule has 1 aliphatic rings. The van der Waals surface area contributed by atoms with Crippen LogP contribution in [0.2, 0.25) is 0 Å². The molecule has 0 bridgehead atoms. The van der Waals surface area contributed by atoms with Crippen LogP contribution in [-0.4, -0.2) is 46.8 Å². The van der Waals surface area contributed by atoms with E-state index in [0.717, 1.165) is 19.4 Å². The molecule has 0 aliphatic carbocycles. The third kappa shape index (κ3) is 2.54. The van der Waals surface area contributed by atoms with Gasteiger partial charge in [-0.1, -0.05) is 6.58 Å². The zero-order chi connectivity index (χ0) is 9.84. The Morgan fingerprint density at radius 1 is 1.62 bits per heavy atom. The molecule has 1 heterocycles. The Morgan fingerprint density at radius 3 is 2.85 bits per heavy atom. The topological polar surface area (TPSA) is 60.8 Å². The summed E-state index contributed by atoms with van der Waals surface area (Å²) >= 11 is 0. The van der Waals surface area contributed by atoms with Crippen LogP contribution in [0.15, 0.2) is 12.2 Å². The number of carbonyl (C=O) groups is 1. The third-order valence-electron chi connectivity index (χ3n) is 2.41. The maximum atomic E-state index is 10.5. The minimum absolute atomic E-state index is 0.104. The van der Waals surface area contributed by atoms with E-state index < -0.39 is 5.97 Å². The minimum Gasteiger partial charge on any atom is -0.478 e. The number of likely N-dealkylation sites (tertiary alicyclic amines) is 1. The minimum atomic E-state index is -0.955. The maximum absolute atomic E-state index is 10.5. The van der Waals surface area contributed by atoms with Gasteiger partial charge in [-0.25, -0.2) is 4.79 Å². The predicted octanol–water partition coefficient (Wildman–Crippen LogP) is 0.0839. The van der Waals surface area contributed by atoms with Gasteiger partial charge in [0.2, 0.25) is 0 Å². The fourth-order valence-corrected chi connectivity index (χ4v) is 1.62. The highest BCUT2D eigenvalue weighted by atomic mass is 16.4. The van der Waals surface area contributed by atoms with E-state index in [1.165, 1.54) is 0 Å². The molecule has 13 heavy (non-hydrogen) atoms. The number of aliphatic hydroxyl groups is 1. The van der Waals surface area contributed by atoms with Gasteiger partial charge in [0.25, 0.3) is 0 Å². The molecule has 1 atom stereocenters. The maximum Gasteiger partial charge on any atom is 0.332 e. The number of hydrogen-bond acceptors (Lipinski definition) is 3. The zero-order valence-electron chi connectivity index (χ0n) is 7.57. The summed E-state index contributed by atoms with van der Waals surface area (Å²) in [4.78, 5) is 12.5. The highest BCUT2D eigenvalue weighted by Gasteiger charge is 2.24. The number of aliphatic hydroxyl groups excluding tert-OH is 1. The van der Waals surface area contributed by atoms with Crippen LogP contribution in [0.4, 0.5) is 0 Å². The lowest BCUT2D eigenvalue weighted by atomic mass is 10.2. The standard InChI is InChI=1S/C9H15NO3/c1-7(9(12)13)5-10-4-2-3-8(10)6-11/h8,11H,1-6H2,(H,12,13). The van der Waals surface area contributed by atoms with Gasteiger partial charge in [0.15, 0.2) is 0 Å². The Labute approximate surface area is 77.5 Å². The van der Waals surface area contributed by atoms with Crippen molar-refractivity contribution in [1.29, 1.82) is 0 Å². The highest BCUT2D eigenvalue weighted by Crippen LogP contribution is 2.17. The Bertz CT molecular complexity index is 215. The van der Waals surface area contributed by atoms with Gasteiger partial charge < -0.3 is 10.2 Å². The number of hydrogen-bond donors (Lipinski definition) is 2. The molecule has 1 aliphatic heterocycles. The van der Waals surface area contributed by atoms with Crippen LogP contribution in [0, 0.1) is 0 Å². The van der Waals surface area contributed by atoms with E-state index in [0.29, 0.717) is 6.54 Å². The lowest BCUT2D eigenvalue weighted by Crippen LogP contribution is -2.34. The summed E-state index contributed by atoms with van der Waals surface area (Å²) < 4.78 is 0. The first-order valence-electron chi connectivity index (χ1n) is 4.41. The molecule has 0 radical (unpaired) electrons. The second kappa shape index (κ2) is 4.39. The molecule has 0 aromatic rings. The van der Waals surface area contributed by atoms with Crippen molar-refractivity contribution in [3.63, 3.8) is 0 Å². The normalized spacial score (nSPS) is 23.3. The lowest BCUT2D eigenvalue weighted by molar-refractivity contribution is -0.132. The van der Waals surface area contributed by atoms with Crippen LogP contribution in [-0.2, 0) is 4.79 Å². The van der Waals surface area contributed by atoms with Crippen LogP contribution in [0.1, 0.15) is 12.8 Å². The van der Waals surface area contributed by atoms with Gasteiger partial charge in [-0.05, 0) is 19.4 Å². The fourth-order valence-electron chi connectivity index (χ4n) is 1.62. The van der Waals surface area contributed by atoms with Crippen molar-refractivity contribution in [3.05, 3.63) is 12.2 Å². The molecule has 4 heteroatoms. The van der Waals surface area contributed by atoms with Crippen molar-refractivity contribution in [1.82, 2.24) is 4.90 Å². The molecule has 0 saturated carbocycles. The number of aliphatic carboxylic acids is 1. The summed E-state index contributed by atoms with van der Waals surface area (Å²) in [6.07, 6.45) is 1.97. The van der Waals surface area contributed by atoms with Gasteiger partial charge in [0.05, 0.1) is 6.61 Å². The molecule has 1 unspecified atom stereocenters. The quantitative estimate of drug-likeness (QED) is 0.609. The molecule has 0 spiro atoms. The molecule has 1 saturated heterocycles. The Morgan fingerprint density at radius 2 is 2.31 bits per heavy atom. The van der Waals surface area contributed by atoms with E-state index >= 15 is 0 Å². The van der Waals surface area contributed by atoms with E-state index in [4.69, 9.17) is 10.2 Å². The second-order valence-electron chi connectivity index (χ2n) is 3.36. The van der Waals surface area contributed by atoms with Gasteiger partial charge in [0, 0.05) is 18.2 Å². The average Bonchev–Trinajstić information content (AvgIpc) is 2.51. The molecule has 1 fully saturated rings. The molecule has 4 nitrogen and oxygen atoms in total. The third-order valence-corrected chi connectivity index (χ3v) is 2.41. The van der Waals surface area contributed by atoms with E-state index in [1.807, 2.05) is 4.90 Å². The summed E-state index contributed by atoms with van der Waals surface area (Å²) in [6, 6.07) is 0.121. The Balaban J connectivity index is 2.44. The fraction of sp³-hybridized carbons (Fsp3) is 0.667. The molecule has 1 rings (SSSR count). The summed E-state index contributed by atoms with van der Waals surface area (Å²) in [5, 5.41) is 17.6. The van der Waals surface area contributed by atoms with E-state index in [2.05, 4.69) is 6.58 Å². The molecule has 0 aromatic carbocycles. The average molecular weight is 185 g/mol. The molecule has 74 valence electrons. The van der Waals surface area contributed by atoms with Gasteiger partial charge in [0.1, 0.15) is 0 Å².